The van der Waals surface area contributed by atoms with E-state index in [1.54, 1.807) is 0 Å². The molecule has 0 saturated carbocycles. The number of carbonyl (C=O) groups excluding carboxylic acids is 1. The van der Waals surface area contributed by atoms with Crippen LogP contribution in [0.4, 0.5) is 0 Å². The molecule has 1 atom stereocenters. The van der Waals surface area contributed by atoms with E-state index in [2.05, 4.69) is 42.6 Å². The lowest BCUT2D eigenvalue weighted by Gasteiger charge is -2.16. The highest BCUT2D eigenvalue weighted by Crippen LogP contribution is 2.16. The predicted molar refractivity (Wildman–Crippen MR) is 100 cm³/mol. The van der Waals surface area contributed by atoms with Gasteiger partial charge in [-0.15, -0.1) is 12.4 Å². The summed E-state index contributed by atoms with van der Waals surface area (Å²) in [6.07, 6.45) is 4.48. The molecule has 0 radical (unpaired) electrons. The predicted octanol–water partition coefficient (Wildman–Crippen LogP) is 3.83. The zero-order valence-electron chi connectivity index (χ0n) is 13.8. The van der Waals surface area contributed by atoms with Crippen LogP contribution in [-0.2, 0) is 11.2 Å². The monoisotopic (exact) mass is 334 g/mol. The van der Waals surface area contributed by atoms with Gasteiger partial charge in [0, 0.05) is 19.0 Å². The van der Waals surface area contributed by atoms with Gasteiger partial charge in [-0.05, 0) is 29.2 Å². The Hall–Kier alpha value is -1.58. The third kappa shape index (κ3) is 6.20. The van der Waals surface area contributed by atoms with E-state index in [1.807, 2.05) is 12.1 Å². The number of halogens is 1. The maximum absolute atomic E-state index is 12.0. The van der Waals surface area contributed by atoms with E-state index in [4.69, 9.17) is 5.73 Å². The van der Waals surface area contributed by atoms with Gasteiger partial charge in [-0.25, -0.2) is 0 Å². The molecular formula is C19H27ClN2O. The average Bonchev–Trinajstić information content (AvgIpc) is 2.56. The number of aryl methyl sites for hydroxylation is 1. The molecule has 1 amide bonds. The van der Waals surface area contributed by atoms with Crippen molar-refractivity contribution in [3.63, 3.8) is 0 Å². The molecule has 0 spiro atoms. The number of fused-ring (bicyclic) bond motifs is 1. The number of hydrogen-bond acceptors (Lipinski definition) is 2. The van der Waals surface area contributed by atoms with Gasteiger partial charge in [0.25, 0.3) is 0 Å². The highest BCUT2D eigenvalue weighted by atomic mass is 35.5. The molecule has 0 bridgehead atoms. The number of unbranched alkanes of at least 4 members (excludes halogenated alkanes) is 1. The van der Waals surface area contributed by atoms with Gasteiger partial charge in [-0.2, -0.15) is 0 Å². The van der Waals surface area contributed by atoms with Crippen molar-refractivity contribution in [2.45, 2.75) is 45.1 Å². The number of rotatable bonds is 8. The van der Waals surface area contributed by atoms with Crippen molar-refractivity contribution in [2.75, 3.05) is 6.54 Å². The van der Waals surface area contributed by atoms with Crippen molar-refractivity contribution in [3.8, 4) is 0 Å². The summed E-state index contributed by atoms with van der Waals surface area (Å²) in [4.78, 5) is 12.0. The lowest BCUT2D eigenvalue weighted by atomic mass is 10.0. The Morgan fingerprint density at radius 3 is 2.61 bits per heavy atom. The highest BCUT2D eigenvalue weighted by molar-refractivity contribution is 5.85. The zero-order chi connectivity index (χ0) is 15.8. The van der Waals surface area contributed by atoms with Crippen LogP contribution in [0.3, 0.4) is 0 Å². The van der Waals surface area contributed by atoms with Crippen LogP contribution in [-0.4, -0.2) is 18.5 Å². The average molecular weight is 335 g/mol. The van der Waals surface area contributed by atoms with Crippen LogP contribution in [0.2, 0.25) is 0 Å². The van der Waals surface area contributed by atoms with Crippen molar-refractivity contribution >= 4 is 29.1 Å². The fourth-order valence-corrected chi connectivity index (χ4v) is 2.65. The summed E-state index contributed by atoms with van der Waals surface area (Å²) in [5.74, 6) is 0.0970. The second kappa shape index (κ2) is 10.2. The van der Waals surface area contributed by atoms with Crippen molar-refractivity contribution < 1.29 is 4.79 Å². The summed E-state index contributed by atoms with van der Waals surface area (Å²) >= 11 is 0. The second-order valence-electron chi connectivity index (χ2n) is 5.82. The SMILES string of the molecule is CCCCC(CN)NC(=O)CCc1ccc2ccccc2c1.Cl. The maximum Gasteiger partial charge on any atom is 0.220 e. The van der Waals surface area contributed by atoms with Crippen molar-refractivity contribution in [2.24, 2.45) is 5.73 Å². The van der Waals surface area contributed by atoms with E-state index < -0.39 is 0 Å². The van der Waals surface area contributed by atoms with Crippen LogP contribution in [0.5, 0.6) is 0 Å². The number of carbonyl (C=O) groups is 1. The fraction of sp³-hybridized carbons (Fsp3) is 0.421. The molecule has 2 aromatic rings. The number of benzene rings is 2. The Bertz CT molecular complexity index is 615. The Labute approximate surface area is 145 Å². The molecule has 0 aliphatic heterocycles. The summed E-state index contributed by atoms with van der Waals surface area (Å²) in [7, 11) is 0. The zero-order valence-corrected chi connectivity index (χ0v) is 14.6. The van der Waals surface area contributed by atoms with Crippen molar-refractivity contribution in [1.29, 1.82) is 0 Å². The van der Waals surface area contributed by atoms with E-state index in [9.17, 15) is 4.79 Å². The van der Waals surface area contributed by atoms with Crippen LogP contribution in [0.15, 0.2) is 42.5 Å². The normalized spacial score (nSPS) is 11.7. The van der Waals surface area contributed by atoms with Gasteiger partial charge in [-0.3, -0.25) is 4.79 Å². The smallest absolute Gasteiger partial charge is 0.220 e. The molecule has 3 nitrogen and oxygen atoms in total. The topological polar surface area (TPSA) is 55.1 Å². The van der Waals surface area contributed by atoms with Gasteiger partial charge in [-0.1, -0.05) is 62.2 Å². The molecule has 2 rings (SSSR count). The maximum atomic E-state index is 12.0. The first-order chi connectivity index (χ1) is 10.7. The van der Waals surface area contributed by atoms with Gasteiger partial charge in [0.05, 0.1) is 0 Å². The minimum atomic E-state index is 0. The molecule has 0 fully saturated rings. The third-order valence-electron chi connectivity index (χ3n) is 4.01. The minimum Gasteiger partial charge on any atom is -0.352 e. The second-order valence-corrected chi connectivity index (χ2v) is 5.82. The Balaban J connectivity index is 0.00000264. The van der Waals surface area contributed by atoms with Crippen molar-refractivity contribution in [1.82, 2.24) is 5.32 Å². The largest absolute Gasteiger partial charge is 0.352 e. The van der Waals surface area contributed by atoms with E-state index in [0.717, 1.165) is 25.7 Å². The van der Waals surface area contributed by atoms with Gasteiger partial charge in [0.2, 0.25) is 5.91 Å². The van der Waals surface area contributed by atoms with Crippen LogP contribution in [0, 0.1) is 0 Å². The van der Waals surface area contributed by atoms with Crippen LogP contribution < -0.4 is 11.1 Å². The molecule has 126 valence electrons. The lowest BCUT2D eigenvalue weighted by Crippen LogP contribution is -2.40. The first-order valence-electron chi connectivity index (χ1n) is 8.20. The molecule has 3 N–H and O–H groups in total. The van der Waals surface area contributed by atoms with Gasteiger partial charge in [0.1, 0.15) is 0 Å². The van der Waals surface area contributed by atoms with E-state index >= 15 is 0 Å². The molecule has 0 heterocycles. The van der Waals surface area contributed by atoms with Crippen molar-refractivity contribution in [3.05, 3.63) is 48.0 Å². The Morgan fingerprint density at radius 2 is 1.91 bits per heavy atom. The molecular weight excluding hydrogens is 308 g/mol. The third-order valence-corrected chi connectivity index (χ3v) is 4.01. The van der Waals surface area contributed by atoms with Crippen LogP contribution in [0.1, 0.15) is 38.2 Å². The number of amides is 1. The number of nitrogens with one attached hydrogen (secondary N) is 1. The van der Waals surface area contributed by atoms with Crippen LogP contribution >= 0.6 is 12.4 Å². The van der Waals surface area contributed by atoms with E-state index in [1.165, 1.54) is 16.3 Å². The molecule has 2 aromatic carbocycles. The molecule has 0 saturated heterocycles. The number of nitrogens with two attached hydrogens (primary N) is 1. The molecule has 0 aliphatic rings. The summed E-state index contributed by atoms with van der Waals surface area (Å²) in [6.45, 7) is 2.66. The Kier molecular flexibility index (Phi) is 8.67. The van der Waals surface area contributed by atoms with Gasteiger partial charge < -0.3 is 11.1 Å². The van der Waals surface area contributed by atoms with Crippen LogP contribution in [0.25, 0.3) is 10.8 Å². The standard InChI is InChI=1S/C19H26N2O.ClH/c1-2-3-8-18(14-20)21-19(22)12-10-15-9-11-16-6-4-5-7-17(16)13-15;/h4-7,9,11,13,18H,2-3,8,10,12,14,20H2,1H3,(H,21,22);1H. The lowest BCUT2D eigenvalue weighted by molar-refractivity contribution is -0.121. The minimum absolute atomic E-state index is 0. The first-order valence-corrected chi connectivity index (χ1v) is 8.20. The Morgan fingerprint density at radius 1 is 1.17 bits per heavy atom. The first kappa shape index (κ1) is 19.5. The summed E-state index contributed by atoms with van der Waals surface area (Å²) < 4.78 is 0. The summed E-state index contributed by atoms with van der Waals surface area (Å²) in [5.41, 5.74) is 6.92. The quantitative estimate of drug-likeness (QED) is 0.771. The molecule has 23 heavy (non-hydrogen) atoms. The molecule has 1 unspecified atom stereocenters. The highest BCUT2D eigenvalue weighted by Gasteiger charge is 2.10. The summed E-state index contributed by atoms with van der Waals surface area (Å²) in [5, 5.41) is 5.50. The van der Waals surface area contributed by atoms with E-state index in [0.29, 0.717) is 13.0 Å². The molecule has 0 aliphatic carbocycles. The van der Waals surface area contributed by atoms with Gasteiger partial charge in [0.15, 0.2) is 0 Å². The molecule has 4 heteroatoms. The number of hydrogen-bond donors (Lipinski definition) is 2. The fourth-order valence-electron chi connectivity index (χ4n) is 2.65. The van der Waals surface area contributed by atoms with Gasteiger partial charge >= 0.3 is 0 Å². The molecule has 0 aromatic heterocycles. The van der Waals surface area contributed by atoms with E-state index in [-0.39, 0.29) is 24.4 Å². The summed E-state index contributed by atoms with van der Waals surface area (Å²) in [6, 6.07) is 14.8.